The number of carbonyl (C=O) groups excluding carboxylic acids is 1. The Hall–Kier alpha value is -1.34. The van der Waals surface area contributed by atoms with Gasteiger partial charge in [-0.15, -0.1) is 11.3 Å². The zero-order chi connectivity index (χ0) is 17.9. The lowest BCUT2D eigenvalue weighted by atomic mass is 9.98. The monoisotopic (exact) mass is 417 g/mol. The van der Waals surface area contributed by atoms with E-state index in [0.29, 0.717) is 11.1 Å². The van der Waals surface area contributed by atoms with E-state index in [1.54, 1.807) is 24.0 Å². The fraction of sp³-hybridized carbons (Fsp3) is 0.353. The maximum atomic E-state index is 13.0. The van der Waals surface area contributed by atoms with E-state index < -0.39 is 23.3 Å². The number of rotatable bonds is 2. The molecule has 2 heterocycles. The van der Waals surface area contributed by atoms with Crippen molar-refractivity contribution in [1.29, 1.82) is 0 Å². The average molecular weight is 418 g/mol. The molecule has 0 N–H and O–H groups in total. The van der Waals surface area contributed by atoms with Gasteiger partial charge in [-0.1, -0.05) is 12.1 Å². The van der Waals surface area contributed by atoms with Crippen LogP contribution >= 0.6 is 27.3 Å². The zero-order valence-corrected chi connectivity index (χ0v) is 15.6. The predicted octanol–water partition coefficient (Wildman–Crippen LogP) is 5.98. The minimum absolute atomic E-state index is 0.151. The second kappa shape index (κ2) is 5.59. The molecule has 2 nitrogen and oxygen atoms in total. The van der Waals surface area contributed by atoms with Gasteiger partial charge in [-0.05, 0) is 60.5 Å². The molecular formula is C17H15BrF3NOS. The van der Waals surface area contributed by atoms with Crippen molar-refractivity contribution in [3.05, 3.63) is 55.7 Å². The summed E-state index contributed by atoms with van der Waals surface area (Å²) in [6.07, 6.45) is -4.40. The van der Waals surface area contributed by atoms with Crippen LogP contribution in [-0.2, 0) is 11.7 Å². The van der Waals surface area contributed by atoms with Crippen LogP contribution in [0.15, 0.2) is 34.1 Å². The summed E-state index contributed by atoms with van der Waals surface area (Å²) >= 11 is 4.88. The van der Waals surface area contributed by atoms with E-state index in [9.17, 15) is 18.0 Å². The van der Waals surface area contributed by atoms with Gasteiger partial charge in [0.25, 0.3) is 5.91 Å². The fourth-order valence-electron chi connectivity index (χ4n) is 3.25. The van der Waals surface area contributed by atoms with Gasteiger partial charge in [0.15, 0.2) is 0 Å². The highest BCUT2D eigenvalue weighted by Crippen LogP contribution is 2.48. The summed E-state index contributed by atoms with van der Waals surface area (Å²) in [5.41, 5.74) is -0.179. The molecule has 24 heavy (non-hydrogen) atoms. The predicted molar refractivity (Wildman–Crippen MR) is 91.1 cm³/mol. The van der Waals surface area contributed by atoms with Gasteiger partial charge in [-0.25, -0.2) is 0 Å². The van der Waals surface area contributed by atoms with Crippen LogP contribution in [0.25, 0.3) is 0 Å². The van der Waals surface area contributed by atoms with Crippen LogP contribution in [0, 0.1) is 0 Å². The number of alkyl halides is 3. The largest absolute Gasteiger partial charge is 0.416 e. The van der Waals surface area contributed by atoms with E-state index in [-0.39, 0.29) is 5.91 Å². The van der Waals surface area contributed by atoms with Crippen molar-refractivity contribution in [1.82, 2.24) is 4.90 Å². The van der Waals surface area contributed by atoms with Gasteiger partial charge in [0.1, 0.15) is 0 Å². The Bertz CT molecular complexity index is 812. The summed E-state index contributed by atoms with van der Waals surface area (Å²) in [5, 5.41) is 0. The zero-order valence-electron chi connectivity index (χ0n) is 13.2. The van der Waals surface area contributed by atoms with Gasteiger partial charge in [0, 0.05) is 4.88 Å². The maximum Gasteiger partial charge on any atom is 0.416 e. The molecule has 0 aliphatic carbocycles. The van der Waals surface area contributed by atoms with Gasteiger partial charge in [0.2, 0.25) is 0 Å². The fourth-order valence-corrected chi connectivity index (χ4v) is 4.94. The first-order chi connectivity index (χ1) is 11.0. The molecule has 0 spiro atoms. The van der Waals surface area contributed by atoms with E-state index in [1.165, 1.54) is 17.4 Å². The molecule has 1 aromatic heterocycles. The van der Waals surface area contributed by atoms with Crippen LogP contribution in [0.3, 0.4) is 0 Å². The number of halogens is 4. The third-order valence-electron chi connectivity index (χ3n) is 4.39. The Kier molecular flexibility index (Phi) is 4.07. The molecule has 1 aliphatic rings. The molecule has 3 rings (SSSR count). The number of amides is 1. The number of benzene rings is 1. The van der Waals surface area contributed by atoms with E-state index in [0.717, 1.165) is 20.8 Å². The van der Waals surface area contributed by atoms with E-state index in [2.05, 4.69) is 15.9 Å². The molecule has 0 radical (unpaired) electrons. The number of carbonyl (C=O) groups is 1. The number of fused-ring (bicyclic) bond motifs is 1. The molecule has 1 aromatic carbocycles. The molecule has 0 saturated carbocycles. The van der Waals surface area contributed by atoms with Crippen molar-refractivity contribution in [2.75, 3.05) is 0 Å². The Balaban J connectivity index is 2.01. The first-order valence-electron chi connectivity index (χ1n) is 7.34. The van der Waals surface area contributed by atoms with Gasteiger partial charge in [0.05, 0.1) is 26.5 Å². The Labute approximate surface area is 150 Å². The van der Waals surface area contributed by atoms with Crippen LogP contribution in [0.5, 0.6) is 0 Å². The van der Waals surface area contributed by atoms with Crippen LogP contribution < -0.4 is 0 Å². The Morgan fingerprint density at radius 3 is 2.50 bits per heavy atom. The molecule has 0 fully saturated rings. The van der Waals surface area contributed by atoms with Crippen molar-refractivity contribution >= 4 is 33.2 Å². The lowest BCUT2D eigenvalue weighted by molar-refractivity contribution is -0.137. The topological polar surface area (TPSA) is 20.3 Å². The van der Waals surface area contributed by atoms with Gasteiger partial charge in [-0.3, -0.25) is 4.79 Å². The van der Waals surface area contributed by atoms with E-state index >= 15 is 0 Å². The summed E-state index contributed by atoms with van der Waals surface area (Å²) in [5.74, 6) is -0.151. The Morgan fingerprint density at radius 1 is 1.25 bits per heavy atom. The molecule has 1 amide bonds. The van der Waals surface area contributed by atoms with Gasteiger partial charge in [-0.2, -0.15) is 13.2 Å². The number of hydrogen-bond acceptors (Lipinski definition) is 2. The molecule has 128 valence electrons. The number of hydrogen-bond donors (Lipinski definition) is 0. The van der Waals surface area contributed by atoms with Crippen molar-refractivity contribution < 1.29 is 18.0 Å². The summed E-state index contributed by atoms with van der Waals surface area (Å²) in [6.45, 7) is 5.61. The lowest BCUT2D eigenvalue weighted by Crippen LogP contribution is -2.40. The van der Waals surface area contributed by atoms with Crippen molar-refractivity contribution in [3.8, 4) is 0 Å². The van der Waals surface area contributed by atoms with Gasteiger partial charge >= 0.3 is 6.18 Å². The third kappa shape index (κ3) is 2.67. The van der Waals surface area contributed by atoms with E-state index in [4.69, 9.17) is 0 Å². The molecule has 1 atom stereocenters. The van der Waals surface area contributed by atoms with Crippen LogP contribution in [0.1, 0.15) is 53.2 Å². The van der Waals surface area contributed by atoms with Crippen molar-refractivity contribution in [2.45, 2.75) is 38.5 Å². The van der Waals surface area contributed by atoms with Crippen molar-refractivity contribution in [2.24, 2.45) is 0 Å². The molecule has 2 aromatic rings. The summed E-state index contributed by atoms with van der Waals surface area (Å²) in [4.78, 5) is 15.4. The molecule has 0 bridgehead atoms. The third-order valence-corrected chi connectivity index (χ3v) is 6.34. The molecule has 7 heteroatoms. The quantitative estimate of drug-likeness (QED) is 0.588. The standard InChI is InChI=1S/C17H15BrF3NOS/c1-9(10-5-4-6-11(7-10)17(19,20)21)22-15(23)12-8-13(18)24-14(12)16(22,2)3/h4-9H,1-3H3. The summed E-state index contributed by atoms with van der Waals surface area (Å²) in [6, 6.07) is 6.49. The first-order valence-corrected chi connectivity index (χ1v) is 8.95. The lowest BCUT2D eigenvalue weighted by Gasteiger charge is -2.37. The second-order valence-electron chi connectivity index (χ2n) is 6.33. The maximum absolute atomic E-state index is 13.0. The van der Waals surface area contributed by atoms with Crippen LogP contribution in [0.2, 0.25) is 0 Å². The number of nitrogens with zero attached hydrogens (tertiary/aromatic N) is 1. The SMILES string of the molecule is CC(c1cccc(C(F)(F)F)c1)N1C(=O)c2cc(Br)sc2C1(C)C. The molecule has 1 unspecified atom stereocenters. The highest BCUT2D eigenvalue weighted by Gasteiger charge is 2.47. The Morgan fingerprint density at radius 2 is 1.92 bits per heavy atom. The smallest absolute Gasteiger partial charge is 0.322 e. The molecule has 0 saturated heterocycles. The van der Waals surface area contributed by atoms with Crippen LogP contribution in [-0.4, -0.2) is 10.8 Å². The van der Waals surface area contributed by atoms with Gasteiger partial charge < -0.3 is 4.90 Å². The average Bonchev–Trinajstić information content (AvgIpc) is 2.95. The second-order valence-corrected chi connectivity index (χ2v) is 8.76. The molecule has 1 aliphatic heterocycles. The highest BCUT2D eigenvalue weighted by atomic mass is 79.9. The normalized spacial score (nSPS) is 18.0. The number of thiophene rings is 1. The first kappa shape index (κ1) is 17.5. The highest BCUT2D eigenvalue weighted by molar-refractivity contribution is 9.11. The minimum Gasteiger partial charge on any atom is -0.322 e. The summed E-state index contributed by atoms with van der Waals surface area (Å²) in [7, 11) is 0. The minimum atomic E-state index is -4.40. The van der Waals surface area contributed by atoms with Crippen LogP contribution in [0.4, 0.5) is 13.2 Å². The summed E-state index contributed by atoms with van der Waals surface area (Å²) < 4.78 is 39.8. The van der Waals surface area contributed by atoms with E-state index in [1.807, 2.05) is 13.8 Å². The van der Waals surface area contributed by atoms with Crippen molar-refractivity contribution in [3.63, 3.8) is 0 Å². The molecular weight excluding hydrogens is 403 g/mol.